The monoisotopic (exact) mass is 347 g/mol. The summed E-state index contributed by atoms with van der Waals surface area (Å²) in [7, 11) is -4.18. The smallest absolute Gasteiger partial charge is 0.277 e. The molecule has 0 aliphatic rings. The van der Waals surface area contributed by atoms with Crippen LogP contribution in [0.25, 0.3) is 0 Å². The summed E-state index contributed by atoms with van der Waals surface area (Å²) in [5, 5.41) is 0. The summed E-state index contributed by atoms with van der Waals surface area (Å²) in [5.41, 5.74) is -1.38. The minimum Gasteiger partial charge on any atom is -0.277 e. The molecule has 0 spiro atoms. The van der Waals surface area contributed by atoms with Crippen molar-refractivity contribution in [1.82, 2.24) is 0 Å². The van der Waals surface area contributed by atoms with Crippen LogP contribution in [-0.4, -0.2) is 8.42 Å². The highest BCUT2D eigenvalue weighted by Gasteiger charge is 2.35. The third kappa shape index (κ3) is 3.82. The second-order valence-corrected chi connectivity index (χ2v) is 6.45. The van der Waals surface area contributed by atoms with E-state index in [-0.39, 0.29) is 4.90 Å². The molecule has 1 N–H and O–H groups in total. The van der Waals surface area contributed by atoms with Crippen molar-refractivity contribution in [1.29, 1.82) is 0 Å². The average Bonchev–Trinajstić information content (AvgIpc) is 2.48. The second kappa shape index (κ2) is 6.19. The molecule has 124 valence electrons. The topological polar surface area (TPSA) is 46.2 Å². The van der Waals surface area contributed by atoms with E-state index in [0.717, 1.165) is 17.7 Å². The number of alkyl halides is 3. The molecular weight excluding hydrogens is 334 g/mol. The number of aryl methyl sites for hydroxylation is 1. The Morgan fingerprint density at radius 1 is 1.04 bits per heavy atom. The molecule has 0 fully saturated rings. The molecule has 0 aliphatic carbocycles. The van der Waals surface area contributed by atoms with Gasteiger partial charge in [-0.1, -0.05) is 25.1 Å². The molecule has 2 aromatic rings. The molecule has 23 heavy (non-hydrogen) atoms. The highest BCUT2D eigenvalue weighted by molar-refractivity contribution is 7.92. The zero-order valence-electron chi connectivity index (χ0n) is 12.0. The Kier molecular flexibility index (Phi) is 4.65. The molecule has 2 rings (SSSR count). The maximum Gasteiger partial charge on any atom is 0.419 e. The Bertz CT molecular complexity index is 799. The fourth-order valence-corrected chi connectivity index (χ4v) is 3.00. The summed E-state index contributed by atoms with van der Waals surface area (Å²) in [6, 6.07) is 8.20. The van der Waals surface area contributed by atoms with Gasteiger partial charge in [-0.25, -0.2) is 12.8 Å². The predicted molar refractivity (Wildman–Crippen MR) is 78.0 cm³/mol. The maximum absolute atomic E-state index is 13.9. The van der Waals surface area contributed by atoms with Gasteiger partial charge in [-0.2, -0.15) is 13.2 Å². The van der Waals surface area contributed by atoms with Crippen molar-refractivity contribution < 1.29 is 26.0 Å². The minimum absolute atomic E-state index is 0.161. The van der Waals surface area contributed by atoms with Crippen LogP contribution in [-0.2, 0) is 22.6 Å². The number of nitrogens with one attached hydrogen (secondary N) is 1. The number of rotatable bonds is 4. The third-order valence-electron chi connectivity index (χ3n) is 3.19. The van der Waals surface area contributed by atoms with Crippen molar-refractivity contribution in [2.24, 2.45) is 0 Å². The Balaban J connectivity index is 2.37. The normalized spacial score (nSPS) is 12.2. The number of benzene rings is 2. The number of anilines is 1. The lowest BCUT2D eigenvalue weighted by atomic mass is 10.2. The SMILES string of the molecule is CCc1ccc(S(=O)(=O)Nc2cccc(C(F)(F)F)c2F)cc1. The van der Waals surface area contributed by atoms with E-state index in [4.69, 9.17) is 0 Å². The Hall–Kier alpha value is -2.09. The Morgan fingerprint density at radius 3 is 2.17 bits per heavy atom. The van der Waals surface area contributed by atoms with E-state index < -0.39 is 33.3 Å². The zero-order valence-corrected chi connectivity index (χ0v) is 12.8. The molecule has 0 heterocycles. The van der Waals surface area contributed by atoms with E-state index in [2.05, 4.69) is 0 Å². The molecule has 0 atom stereocenters. The first kappa shape index (κ1) is 17.3. The quantitative estimate of drug-likeness (QED) is 0.842. The summed E-state index contributed by atoms with van der Waals surface area (Å²) in [6.45, 7) is 1.89. The number of sulfonamides is 1. The standard InChI is InChI=1S/C15H13F4NO2S/c1-2-10-6-8-11(9-7-10)23(21,22)20-13-5-3-4-12(14(13)16)15(17,18)19/h3-9,20H,2H2,1H3. The molecule has 0 saturated carbocycles. The third-order valence-corrected chi connectivity index (χ3v) is 4.57. The molecule has 0 saturated heterocycles. The second-order valence-electron chi connectivity index (χ2n) is 4.77. The van der Waals surface area contributed by atoms with Crippen molar-refractivity contribution in [2.45, 2.75) is 24.4 Å². The molecule has 0 amide bonds. The van der Waals surface area contributed by atoms with Crippen LogP contribution in [0.1, 0.15) is 18.1 Å². The first-order chi connectivity index (χ1) is 10.6. The fourth-order valence-electron chi connectivity index (χ4n) is 1.94. The average molecular weight is 347 g/mol. The van der Waals surface area contributed by atoms with Crippen LogP contribution >= 0.6 is 0 Å². The van der Waals surface area contributed by atoms with E-state index in [1.54, 1.807) is 12.1 Å². The largest absolute Gasteiger partial charge is 0.419 e. The summed E-state index contributed by atoms with van der Waals surface area (Å²) in [4.78, 5) is -0.161. The van der Waals surface area contributed by atoms with Crippen LogP contribution in [0.4, 0.5) is 23.2 Å². The molecule has 0 bridgehead atoms. The van der Waals surface area contributed by atoms with Crippen LogP contribution in [0.15, 0.2) is 47.4 Å². The van der Waals surface area contributed by atoms with Crippen LogP contribution in [0.3, 0.4) is 0 Å². The summed E-state index contributed by atoms with van der Waals surface area (Å²) in [5.74, 6) is -1.66. The van der Waals surface area contributed by atoms with Gasteiger partial charge in [0.15, 0.2) is 5.82 Å². The minimum atomic E-state index is -4.91. The number of hydrogen-bond acceptors (Lipinski definition) is 2. The fraction of sp³-hybridized carbons (Fsp3) is 0.200. The van der Waals surface area contributed by atoms with Crippen molar-refractivity contribution in [3.8, 4) is 0 Å². The van der Waals surface area contributed by atoms with Gasteiger partial charge in [0.1, 0.15) is 0 Å². The Labute approximate surface area is 131 Å². The van der Waals surface area contributed by atoms with Crippen molar-refractivity contribution in [3.05, 3.63) is 59.4 Å². The summed E-state index contributed by atoms with van der Waals surface area (Å²) >= 11 is 0. The Morgan fingerprint density at radius 2 is 1.65 bits per heavy atom. The predicted octanol–water partition coefficient (Wildman–Crippen LogP) is 4.21. The molecular formula is C15H13F4NO2S. The van der Waals surface area contributed by atoms with Gasteiger partial charge in [0.2, 0.25) is 0 Å². The van der Waals surface area contributed by atoms with Gasteiger partial charge >= 0.3 is 6.18 Å². The molecule has 0 radical (unpaired) electrons. The van der Waals surface area contributed by atoms with E-state index in [0.29, 0.717) is 12.5 Å². The lowest BCUT2D eigenvalue weighted by Gasteiger charge is -2.13. The molecule has 0 unspecified atom stereocenters. The lowest BCUT2D eigenvalue weighted by Crippen LogP contribution is -2.16. The molecule has 2 aromatic carbocycles. The lowest BCUT2D eigenvalue weighted by molar-refractivity contribution is -0.139. The summed E-state index contributed by atoms with van der Waals surface area (Å²) in [6.07, 6.45) is -4.20. The van der Waals surface area contributed by atoms with Gasteiger partial charge in [0.05, 0.1) is 16.1 Å². The van der Waals surface area contributed by atoms with Crippen molar-refractivity contribution in [3.63, 3.8) is 0 Å². The van der Waals surface area contributed by atoms with E-state index in [1.165, 1.54) is 12.1 Å². The number of halogens is 4. The van der Waals surface area contributed by atoms with Crippen LogP contribution in [0.5, 0.6) is 0 Å². The van der Waals surface area contributed by atoms with Gasteiger partial charge < -0.3 is 0 Å². The van der Waals surface area contributed by atoms with Crippen molar-refractivity contribution in [2.75, 3.05) is 4.72 Å². The molecule has 3 nitrogen and oxygen atoms in total. The molecule has 0 aliphatic heterocycles. The van der Waals surface area contributed by atoms with E-state index in [1.807, 2.05) is 11.6 Å². The van der Waals surface area contributed by atoms with Gasteiger partial charge in [-0.15, -0.1) is 0 Å². The maximum atomic E-state index is 13.9. The highest BCUT2D eigenvalue weighted by Crippen LogP contribution is 2.34. The first-order valence-electron chi connectivity index (χ1n) is 6.62. The van der Waals surface area contributed by atoms with E-state index >= 15 is 0 Å². The summed E-state index contributed by atoms with van der Waals surface area (Å²) < 4.78 is 78.0. The van der Waals surface area contributed by atoms with Crippen LogP contribution in [0, 0.1) is 5.82 Å². The highest BCUT2D eigenvalue weighted by atomic mass is 32.2. The van der Waals surface area contributed by atoms with Crippen molar-refractivity contribution >= 4 is 15.7 Å². The van der Waals surface area contributed by atoms with Gasteiger partial charge in [0.25, 0.3) is 10.0 Å². The van der Waals surface area contributed by atoms with Crippen LogP contribution in [0.2, 0.25) is 0 Å². The van der Waals surface area contributed by atoms with E-state index in [9.17, 15) is 26.0 Å². The van der Waals surface area contributed by atoms with Gasteiger partial charge in [-0.05, 0) is 36.2 Å². The molecule has 8 heteroatoms. The van der Waals surface area contributed by atoms with Gasteiger partial charge in [0, 0.05) is 0 Å². The van der Waals surface area contributed by atoms with Crippen LogP contribution < -0.4 is 4.72 Å². The molecule has 0 aromatic heterocycles. The van der Waals surface area contributed by atoms with Gasteiger partial charge in [-0.3, -0.25) is 4.72 Å². The first-order valence-corrected chi connectivity index (χ1v) is 8.11. The zero-order chi connectivity index (χ0) is 17.3. The number of hydrogen-bond donors (Lipinski definition) is 1.